The van der Waals surface area contributed by atoms with Crippen LogP contribution < -0.4 is 5.32 Å². The maximum absolute atomic E-state index is 12.7. The van der Waals surface area contributed by atoms with E-state index in [1.54, 1.807) is 6.20 Å². The molecule has 0 atom stereocenters. The van der Waals surface area contributed by atoms with Gasteiger partial charge >= 0.3 is 5.97 Å². The molecule has 2 amide bonds. The lowest BCUT2D eigenvalue weighted by Crippen LogP contribution is -2.38. The Kier molecular flexibility index (Phi) is 7.82. The molecule has 1 aliphatic carbocycles. The molecule has 0 bridgehead atoms. The van der Waals surface area contributed by atoms with E-state index in [1.165, 1.54) is 22.2 Å². The van der Waals surface area contributed by atoms with E-state index in [0.29, 0.717) is 12.1 Å². The van der Waals surface area contributed by atoms with Gasteiger partial charge < -0.3 is 15.3 Å². The highest BCUT2D eigenvalue weighted by molar-refractivity contribution is 5.94. The van der Waals surface area contributed by atoms with Crippen LogP contribution in [0.2, 0.25) is 0 Å². The van der Waals surface area contributed by atoms with Crippen molar-refractivity contribution in [3.05, 3.63) is 18.0 Å². The smallest absolute Gasteiger partial charge is 0.305 e. The topological polar surface area (TPSA) is 105 Å². The van der Waals surface area contributed by atoms with Crippen molar-refractivity contribution in [3.8, 4) is 0 Å². The molecule has 8 nitrogen and oxygen atoms in total. The molecule has 0 spiro atoms. The largest absolute Gasteiger partial charge is 0.481 e. The first-order chi connectivity index (χ1) is 12.8. The molecule has 1 heterocycles. The summed E-state index contributed by atoms with van der Waals surface area (Å²) in [6.45, 7) is 4.64. The summed E-state index contributed by atoms with van der Waals surface area (Å²) in [4.78, 5) is 37.2. The molecule has 0 radical (unpaired) electrons. The Hall–Kier alpha value is -2.38. The molecule has 0 aromatic carbocycles. The summed E-state index contributed by atoms with van der Waals surface area (Å²) in [5.74, 6) is -1.08. The van der Waals surface area contributed by atoms with Crippen LogP contribution in [0.5, 0.6) is 0 Å². The number of aliphatic carboxylic acids is 1. The summed E-state index contributed by atoms with van der Waals surface area (Å²) < 4.78 is 1.45. The highest BCUT2D eigenvalue weighted by Crippen LogP contribution is 2.17. The first-order valence-electron chi connectivity index (χ1n) is 9.68. The van der Waals surface area contributed by atoms with Gasteiger partial charge in [0.25, 0.3) is 5.91 Å². The van der Waals surface area contributed by atoms with Crippen molar-refractivity contribution < 1.29 is 19.5 Å². The van der Waals surface area contributed by atoms with E-state index in [2.05, 4.69) is 10.4 Å². The molecule has 0 aliphatic heterocycles. The van der Waals surface area contributed by atoms with E-state index >= 15 is 0 Å². The molecule has 2 N–H and O–H groups in total. The molecule has 1 aromatic heterocycles. The maximum Gasteiger partial charge on any atom is 0.305 e. The summed E-state index contributed by atoms with van der Waals surface area (Å²) >= 11 is 0. The molecule has 8 heteroatoms. The Morgan fingerprint density at radius 1 is 1.30 bits per heavy atom. The fourth-order valence-electron chi connectivity index (χ4n) is 3.36. The zero-order valence-corrected chi connectivity index (χ0v) is 16.2. The Morgan fingerprint density at radius 2 is 2.00 bits per heavy atom. The Morgan fingerprint density at radius 3 is 2.63 bits per heavy atom. The standard InChI is InChI=1S/C19H30N4O4/c1-14(2)11-22(9-8-18(25)26)19(27)15-10-20-23(12-15)13-17(24)21-16-6-4-3-5-7-16/h10,12,14,16H,3-9,11,13H2,1-2H3,(H,21,24)(H,25,26). The van der Waals surface area contributed by atoms with Gasteiger partial charge in [0.2, 0.25) is 5.91 Å². The van der Waals surface area contributed by atoms with Crippen LogP contribution in [-0.2, 0) is 16.1 Å². The van der Waals surface area contributed by atoms with Gasteiger partial charge in [0, 0.05) is 25.3 Å². The second-order valence-corrected chi connectivity index (χ2v) is 7.62. The molecule has 27 heavy (non-hydrogen) atoms. The lowest BCUT2D eigenvalue weighted by atomic mass is 9.95. The lowest BCUT2D eigenvalue weighted by Gasteiger charge is -2.23. The van der Waals surface area contributed by atoms with Gasteiger partial charge in [-0.2, -0.15) is 5.10 Å². The third kappa shape index (κ3) is 7.03. The Bertz CT molecular complexity index is 650. The first kappa shape index (κ1) is 20.9. The van der Waals surface area contributed by atoms with Crippen molar-refractivity contribution in [1.82, 2.24) is 20.0 Å². The van der Waals surface area contributed by atoms with Crippen LogP contribution >= 0.6 is 0 Å². The number of carbonyl (C=O) groups excluding carboxylic acids is 2. The number of carbonyl (C=O) groups is 3. The van der Waals surface area contributed by atoms with Crippen molar-refractivity contribution in [2.24, 2.45) is 5.92 Å². The van der Waals surface area contributed by atoms with Crippen LogP contribution in [0.15, 0.2) is 12.4 Å². The van der Waals surface area contributed by atoms with Crippen molar-refractivity contribution in [3.63, 3.8) is 0 Å². The Balaban J connectivity index is 1.93. The second-order valence-electron chi connectivity index (χ2n) is 7.62. The van der Waals surface area contributed by atoms with Gasteiger partial charge in [0.15, 0.2) is 0 Å². The number of carboxylic acids is 1. The van der Waals surface area contributed by atoms with E-state index in [4.69, 9.17) is 5.11 Å². The monoisotopic (exact) mass is 378 g/mol. The van der Waals surface area contributed by atoms with Crippen LogP contribution in [0.1, 0.15) is 62.7 Å². The van der Waals surface area contributed by atoms with Gasteiger partial charge in [0.05, 0.1) is 18.2 Å². The van der Waals surface area contributed by atoms with Crippen LogP contribution in [0.3, 0.4) is 0 Å². The van der Waals surface area contributed by atoms with E-state index in [9.17, 15) is 14.4 Å². The predicted octanol–water partition coefficient (Wildman–Crippen LogP) is 1.90. The number of amides is 2. The van der Waals surface area contributed by atoms with Gasteiger partial charge in [-0.25, -0.2) is 0 Å². The third-order valence-corrected chi connectivity index (χ3v) is 4.62. The number of rotatable bonds is 9. The van der Waals surface area contributed by atoms with Crippen LogP contribution in [0, 0.1) is 5.92 Å². The summed E-state index contributed by atoms with van der Waals surface area (Å²) in [5.41, 5.74) is 0.367. The minimum atomic E-state index is -0.938. The summed E-state index contributed by atoms with van der Waals surface area (Å²) in [7, 11) is 0. The molecule has 0 unspecified atom stereocenters. The molecule has 0 saturated heterocycles. The van der Waals surface area contributed by atoms with Crippen LogP contribution in [0.25, 0.3) is 0 Å². The number of nitrogens with one attached hydrogen (secondary N) is 1. The fourth-order valence-corrected chi connectivity index (χ4v) is 3.36. The van der Waals surface area contributed by atoms with Crippen molar-refractivity contribution in [1.29, 1.82) is 0 Å². The van der Waals surface area contributed by atoms with Crippen molar-refractivity contribution >= 4 is 17.8 Å². The molecule has 1 fully saturated rings. The zero-order valence-electron chi connectivity index (χ0n) is 16.2. The third-order valence-electron chi connectivity index (χ3n) is 4.62. The molecular formula is C19H30N4O4. The molecule has 1 aromatic rings. The maximum atomic E-state index is 12.7. The van der Waals surface area contributed by atoms with Gasteiger partial charge in [-0.1, -0.05) is 33.1 Å². The normalized spacial score (nSPS) is 14.9. The highest BCUT2D eigenvalue weighted by atomic mass is 16.4. The number of carboxylic acid groups (broad SMARTS) is 1. The summed E-state index contributed by atoms with van der Waals surface area (Å²) in [5, 5.41) is 16.0. The number of aromatic nitrogens is 2. The number of hydrogen-bond acceptors (Lipinski definition) is 4. The number of hydrogen-bond donors (Lipinski definition) is 2. The number of nitrogens with zero attached hydrogens (tertiary/aromatic N) is 3. The molecule has 1 saturated carbocycles. The minimum absolute atomic E-state index is 0.0725. The van der Waals surface area contributed by atoms with E-state index in [-0.39, 0.29) is 43.3 Å². The predicted molar refractivity (Wildman–Crippen MR) is 100 cm³/mol. The lowest BCUT2D eigenvalue weighted by molar-refractivity contribution is -0.137. The highest BCUT2D eigenvalue weighted by Gasteiger charge is 2.20. The molecule has 150 valence electrons. The van der Waals surface area contributed by atoms with Gasteiger partial charge in [-0.15, -0.1) is 0 Å². The SMILES string of the molecule is CC(C)CN(CCC(=O)O)C(=O)c1cnn(CC(=O)NC2CCCCC2)c1. The molecular weight excluding hydrogens is 348 g/mol. The first-order valence-corrected chi connectivity index (χ1v) is 9.68. The summed E-state index contributed by atoms with van der Waals surface area (Å²) in [6, 6.07) is 0.237. The summed E-state index contributed by atoms with van der Waals surface area (Å²) in [6.07, 6.45) is 8.44. The average Bonchev–Trinajstić information content (AvgIpc) is 3.06. The van der Waals surface area contributed by atoms with Crippen LogP contribution in [-0.4, -0.2) is 56.7 Å². The molecule has 1 aliphatic rings. The average molecular weight is 378 g/mol. The molecule has 2 rings (SSSR count). The van der Waals surface area contributed by atoms with Gasteiger partial charge in [-0.05, 0) is 18.8 Å². The second kappa shape index (κ2) is 10.1. The Labute approximate surface area is 159 Å². The van der Waals surface area contributed by atoms with Gasteiger partial charge in [0.1, 0.15) is 6.54 Å². The van der Waals surface area contributed by atoms with E-state index in [1.807, 2.05) is 13.8 Å². The zero-order chi connectivity index (χ0) is 19.8. The van der Waals surface area contributed by atoms with Crippen LogP contribution in [0.4, 0.5) is 0 Å². The van der Waals surface area contributed by atoms with Gasteiger partial charge in [-0.3, -0.25) is 19.1 Å². The van der Waals surface area contributed by atoms with Crippen molar-refractivity contribution in [2.45, 2.75) is 65.0 Å². The van der Waals surface area contributed by atoms with E-state index in [0.717, 1.165) is 25.7 Å². The quantitative estimate of drug-likeness (QED) is 0.683. The van der Waals surface area contributed by atoms with Crippen molar-refractivity contribution in [2.75, 3.05) is 13.1 Å². The fraction of sp³-hybridized carbons (Fsp3) is 0.684. The van der Waals surface area contributed by atoms with E-state index < -0.39 is 5.97 Å². The minimum Gasteiger partial charge on any atom is -0.481 e.